The molecule has 0 radical (unpaired) electrons. The number of carbonyl (C=O) groups is 1. The van der Waals surface area contributed by atoms with Crippen LogP contribution in [0.3, 0.4) is 0 Å². The number of ether oxygens (including phenoxy) is 1. The lowest BCUT2D eigenvalue weighted by Crippen LogP contribution is -2.40. The second-order valence-corrected chi connectivity index (χ2v) is 7.44. The summed E-state index contributed by atoms with van der Waals surface area (Å²) in [5, 5.41) is 9.76. The molecule has 8 heteroatoms. The lowest BCUT2D eigenvalue weighted by atomic mass is 9.97. The van der Waals surface area contributed by atoms with Crippen LogP contribution in [0.4, 0.5) is 0 Å². The summed E-state index contributed by atoms with van der Waals surface area (Å²) in [7, 11) is 1.87. The summed E-state index contributed by atoms with van der Waals surface area (Å²) < 4.78 is 9.36. The first-order chi connectivity index (χ1) is 14.2. The summed E-state index contributed by atoms with van der Waals surface area (Å²) in [6.45, 7) is 2.03. The van der Waals surface area contributed by atoms with E-state index in [1.54, 1.807) is 21.6 Å². The summed E-state index contributed by atoms with van der Waals surface area (Å²) in [5.74, 6) is 1.00. The van der Waals surface area contributed by atoms with Crippen molar-refractivity contribution in [1.82, 2.24) is 29.3 Å². The number of hydrogen-bond acceptors (Lipinski definition) is 5. The standard InChI is InChI=1S/C21H22N6O2/c1-25-17-5-3-2-4-16(17)20(24-25)21(28)26-11-8-15(9-12-26)14-29-19-7-6-18-22-10-13-27(18)23-19/h2-7,10,13,15H,8-9,11-12,14H2,1H3. The minimum Gasteiger partial charge on any atom is -0.476 e. The van der Waals surface area contributed by atoms with Crippen molar-refractivity contribution < 1.29 is 9.53 Å². The summed E-state index contributed by atoms with van der Waals surface area (Å²) in [6, 6.07) is 11.6. The summed E-state index contributed by atoms with van der Waals surface area (Å²) in [5.41, 5.74) is 2.31. The normalized spacial score (nSPS) is 15.3. The fourth-order valence-corrected chi connectivity index (χ4v) is 3.90. The van der Waals surface area contributed by atoms with E-state index in [9.17, 15) is 4.79 Å². The molecule has 4 aromatic rings. The van der Waals surface area contributed by atoms with E-state index in [0.717, 1.165) is 29.4 Å². The molecular weight excluding hydrogens is 368 g/mol. The Labute approximate surface area is 167 Å². The van der Waals surface area contributed by atoms with Crippen molar-refractivity contribution in [3.05, 3.63) is 54.5 Å². The molecule has 0 unspecified atom stereocenters. The number of benzene rings is 1. The Morgan fingerprint density at radius 2 is 1.97 bits per heavy atom. The Hall–Kier alpha value is -3.42. The molecule has 1 aliphatic heterocycles. The van der Waals surface area contributed by atoms with E-state index in [1.165, 1.54) is 0 Å². The Bertz CT molecular complexity index is 1170. The zero-order valence-corrected chi connectivity index (χ0v) is 16.2. The van der Waals surface area contributed by atoms with Gasteiger partial charge >= 0.3 is 0 Å². The smallest absolute Gasteiger partial charge is 0.275 e. The molecule has 1 aromatic carbocycles. The maximum Gasteiger partial charge on any atom is 0.275 e. The molecule has 1 amide bonds. The van der Waals surface area contributed by atoms with Crippen LogP contribution in [-0.4, -0.2) is 54.9 Å². The van der Waals surface area contributed by atoms with Gasteiger partial charge in [-0.2, -0.15) is 5.10 Å². The second kappa shape index (κ2) is 7.20. The number of hydrogen-bond donors (Lipinski definition) is 0. The molecule has 3 aromatic heterocycles. The van der Waals surface area contributed by atoms with Crippen molar-refractivity contribution in [2.75, 3.05) is 19.7 Å². The molecule has 1 aliphatic rings. The Morgan fingerprint density at radius 1 is 1.14 bits per heavy atom. The molecule has 0 saturated carbocycles. The number of aromatic nitrogens is 5. The summed E-state index contributed by atoms with van der Waals surface area (Å²) in [4.78, 5) is 19.1. The minimum atomic E-state index is 0.00777. The summed E-state index contributed by atoms with van der Waals surface area (Å²) >= 11 is 0. The largest absolute Gasteiger partial charge is 0.476 e. The first kappa shape index (κ1) is 17.7. The first-order valence-electron chi connectivity index (χ1n) is 9.83. The van der Waals surface area contributed by atoms with Crippen LogP contribution in [0, 0.1) is 5.92 Å². The Balaban J connectivity index is 1.20. The molecule has 4 heterocycles. The SMILES string of the molecule is Cn1nc(C(=O)N2CCC(COc3ccc4nccn4n3)CC2)c2ccccc21. The van der Waals surface area contributed by atoms with E-state index < -0.39 is 0 Å². The zero-order valence-electron chi connectivity index (χ0n) is 16.2. The molecule has 5 rings (SSSR count). The Morgan fingerprint density at radius 3 is 2.83 bits per heavy atom. The predicted octanol–water partition coefficient (Wildman–Crippen LogP) is 2.55. The average molecular weight is 390 g/mol. The topological polar surface area (TPSA) is 77.5 Å². The number of likely N-dealkylation sites (tertiary alicyclic amines) is 1. The number of imidazole rings is 1. The molecule has 8 nitrogen and oxygen atoms in total. The molecule has 0 aliphatic carbocycles. The maximum atomic E-state index is 13.0. The van der Waals surface area contributed by atoms with Crippen molar-refractivity contribution in [2.24, 2.45) is 13.0 Å². The monoisotopic (exact) mass is 390 g/mol. The van der Waals surface area contributed by atoms with Crippen LogP contribution in [0.2, 0.25) is 0 Å². The third kappa shape index (κ3) is 3.30. The van der Waals surface area contributed by atoms with Gasteiger partial charge in [0.25, 0.3) is 5.91 Å². The number of rotatable bonds is 4. The van der Waals surface area contributed by atoms with Gasteiger partial charge in [-0.1, -0.05) is 18.2 Å². The number of piperidine rings is 1. The van der Waals surface area contributed by atoms with Crippen LogP contribution in [0.1, 0.15) is 23.3 Å². The van der Waals surface area contributed by atoms with E-state index in [2.05, 4.69) is 15.2 Å². The summed E-state index contributed by atoms with van der Waals surface area (Å²) in [6.07, 6.45) is 5.32. The number of amides is 1. The maximum absolute atomic E-state index is 13.0. The van der Waals surface area contributed by atoms with Gasteiger partial charge in [0, 0.05) is 44.0 Å². The number of nitrogens with zero attached hydrogens (tertiary/aromatic N) is 6. The van der Waals surface area contributed by atoms with Gasteiger partial charge in [0.1, 0.15) is 0 Å². The van der Waals surface area contributed by atoms with Gasteiger partial charge in [0.05, 0.1) is 12.1 Å². The minimum absolute atomic E-state index is 0.00777. The molecule has 0 spiro atoms. The van der Waals surface area contributed by atoms with Crippen LogP contribution < -0.4 is 4.74 Å². The molecule has 0 N–H and O–H groups in total. The molecule has 0 atom stereocenters. The van der Waals surface area contributed by atoms with Crippen LogP contribution in [0.15, 0.2) is 48.8 Å². The van der Waals surface area contributed by atoms with Crippen molar-refractivity contribution in [3.63, 3.8) is 0 Å². The third-order valence-corrected chi connectivity index (χ3v) is 5.56. The van der Waals surface area contributed by atoms with E-state index in [-0.39, 0.29) is 5.91 Å². The molecule has 29 heavy (non-hydrogen) atoms. The number of aryl methyl sites for hydroxylation is 1. The van der Waals surface area contributed by atoms with Gasteiger partial charge in [-0.05, 0) is 30.9 Å². The van der Waals surface area contributed by atoms with Gasteiger partial charge in [0.15, 0.2) is 11.3 Å². The first-order valence-corrected chi connectivity index (χ1v) is 9.83. The van der Waals surface area contributed by atoms with Crippen molar-refractivity contribution >= 4 is 22.5 Å². The van der Waals surface area contributed by atoms with Crippen LogP contribution in [0.5, 0.6) is 5.88 Å². The van der Waals surface area contributed by atoms with Gasteiger partial charge < -0.3 is 9.64 Å². The van der Waals surface area contributed by atoms with E-state index >= 15 is 0 Å². The number of fused-ring (bicyclic) bond motifs is 2. The second-order valence-electron chi connectivity index (χ2n) is 7.44. The van der Waals surface area contributed by atoms with Gasteiger partial charge in [-0.25, -0.2) is 9.50 Å². The number of carbonyl (C=O) groups excluding carboxylic acids is 1. The molecule has 148 valence electrons. The molecule has 1 saturated heterocycles. The quantitative estimate of drug-likeness (QED) is 0.535. The van der Waals surface area contributed by atoms with Crippen LogP contribution >= 0.6 is 0 Å². The Kier molecular flexibility index (Phi) is 4.38. The van der Waals surface area contributed by atoms with Gasteiger partial charge in [0.2, 0.25) is 5.88 Å². The van der Waals surface area contributed by atoms with Crippen LogP contribution in [0.25, 0.3) is 16.6 Å². The molecular formula is C21H22N6O2. The molecule has 1 fully saturated rings. The molecule has 0 bridgehead atoms. The van der Waals surface area contributed by atoms with Gasteiger partial charge in [-0.15, -0.1) is 5.10 Å². The van der Waals surface area contributed by atoms with Crippen molar-refractivity contribution in [3.8, 4) is 5.88 Å². The highest BCUT2D eigenvalue weighted by molar-refractivity contribution is 6.04. The zero-order chi connectivity index (χ0) is 19.8. The average Bonchev–Trinajstić information content (AvgIpc) is 3.36. The highest BCUT2D eigenvalue weighted by Crippen LogP contribution is 2.23. The fraction of sp³-hybridized carbons (Fsp3) is 0.333. The highest BCUT2D eigenvalue weighted by atomic mass is 16.5. The van der Waals surface area contributed by atoms with Crippen LogP contribution in [-0.2, 0) is 7.05 Å². The van der Waals surface area contributed by atoms with Crippen molar-refractivity contribution in [1.29, 1.82) is 0 Å². The fourth-order valence-electron chi connectivity index (χ4n) is 3.90. The van der Waals surface area contributed by atoms with E-state index in [4.69, 9.17) is 4.74 Å². The third-order valence-electron chi connectivity index (χ3n) is 5.56. The highest BCUT2D eigenvalue weighted by Gasteiger charge is 2.27. The van der Waals surface area contributed by atoms with E-state index in [0.29, 0.717) is 37.2 Å². The lowest BCUT2D eigenvalue weighted by Gasteiger charge is -2.31. The predicted molar refractivity (Wildman–Crippen MR) is 108 cm³/mol. The number of para-hydroxylation sites is 1. The van der Waals surface area contributed by atoms with Crippen molar-refractivity contribution in [2.45, 2.75) is 12.8 Å². The lowest BCUT2D eigenvalue weighted by molar-refractivity contribution is 0.0654. The van der Waals surface area contributed by atoms with E-state index in [1.807, 2.05) is 48.3 Å². The van der Waals surface area contributed by atoms with Gasteiger partial charge in [-0.3, -0.25) is 9.48 Å².